The molecule has 0 atom stereocenters. The number of nitrogens with zero attached hydrogens (tertiary/aromatic N) is 7. The van der Waals surface area contributed by atoms with Gasteiger partial charge in [-0.05, 0) is 32.0 Å². The van der Waals surface area contributed by atoms with Crippen LogP contribution in [0.3, 0.4) is 0 Å². The molecule has 0 aliphatic carbocycles. The molecule has 0 bridgehead atoms. The van der Waals surface area contributed by atoms with E-state index in [0.717, 1.165) is 55.2 Å². The Bertz CT molecular complexity index is 989. The molecule has 1 N–H and O–H groups in total. The second-order valence-electron chi connectivity index (χ2n) is 7.32. The summed E-state index contributed by atoms with van der Waals surface area (Å²) in [6.07, 6.45) is 3.57. The van der Waals surface area contributed by atoms with E-state index in [1.807, 2.05) is 36.0 Å². The predicted molar refractivity (Wildman–Crippen MR) is 119 cm³/mol. The molecule has 1 aliphatic heterocycles. The van der Waals surface area contributed by atoms with Crippen LogP contribution in [0.15, 0.2) is 53.8 Å². The van der Waals surface area contributed by atoms with Gasteiger partial charge in [-0.3, -0.25) is 4.99 Å². The molecular formula is C22H28N8. The Morgan fingerprint density at radius 1 is 1.00 bits per heavy atom. The molecule has 8 nitrogen and oxygen atoms in total. The Kier molecular flexibility index (Phi) is 5.92. The van der Waals surface area contributed by atoms with Gasteiger partial charge < -0.3 is 15.1 Å². The SMILES string of the molecule is CN=C(NCc1c(C)nn(-c2ccccc2)c1C)N1CCN(c2ncccn2)CC1. The van der Waals surface area contributed by atoms with Crippen molar-refractivity contribution in [2.75, 3.05) is 38.1 Å². The maximum absolute atomic E-state index is 4.74. The molecule has 156 valence electrons. The van der Waals surface area contributed by atoms with Crippen molar-refractivity contribution in [1.29, 1.82) is 0 Å². The van der Waals surface area contributed by atoms with Crippen LogP contribution in [-0.2, 0) is 6.54 Å². The molecule has 1 aromatic carbocycles. The monoisotopic (exact) mass is 404 g/mol. The van der Waals surface area contributed by atoms with Crippen molar-refractivity contribution in [1.82, 2.24) is 30.0 Å². The van der Waals surface area contributed by atoms with Crippen LogP contribution in [0.5, 0.6) is 0 Å². The van der Waals surface area contributed by atoms with Gasteiger partial charge in [-0.2, -0.15) is 5.10 Å². The minimum atomic E-state index is 0.694. The van der Waals surface area contributed by atoms with Gasteiger partial charge in [0.1, 0.15) is 0 Å². The number of hydrogen-bond acceptors (Lipinski definition) is 5. The van der Waals surface area contributed by atoms with Gasteiger partial charge in [0, 0.05) is 63.4 Å². The molecule has 0 saturated carbocycles. The molecule has 1 aliphatic rings. The fraction of sp³-hybridized carbons (Fsp3) is 0.364. The van der Waals surface area contributed by atoms with Crippen LogP contribution in [-0.4, -0.2) is 63.8 Å². The summed E-state index contributed by atoms with van der Waals surface area (Å²) in [6.45, 7) is 8.36. The van der Waals surface area contributed by atoms with Crippen LogP contribution in [0.25, 0.3) is 5.69 Å². The molecule has 3 aromatic rings. The molecule has 8 heteroatoms. The fourth-order valence-corrected chi connectivity index (χ4v) is 3.82. The third-order valence-corrected chi connectivity index (χ3v) is 5.49. The average Bonchev–Trinajstić information content (AvgIpc) is 3.09. The molecule has 0 amide bonds. The number of aromatic nitrogens is 4. The lowest BCUT2D eigenvalue weighted by molar-refractivity contribution is 0.370. The third-order valence-electron chi connectivity index (χ3n) is 5.49. The quantitative estimate of drug-likeness (QED) is 0.531. The van der Waals surface area contributed by atoms with E-state index in [-0.39, 0.29) is 0 Å². The zero-order chi connectivity index (χ0) is 20.9. The predicted octanol–water partition coefficient (Wildman–Crippen LogP) is 2.18. The Labute approximate surface area is 177 Å². The molecular weight excluding hydrogens is 376 g/mol. The van der Waals surface area contributed by atoms with Gasteiger partial charge in [0.05, 0.1) is 11.4 Å². The minimum absolute atomic E-state index is 0.694. The Morgan fingerprint density at radius 2 is 1.70 bits per heavy atom. The minimum Gasteiger partial charge on any atom is -0.352 e. The Balaban J connectivity index is 1.39. The molecule has 0 radical (unpaired) electrons. The number of anilines is 1. The van der Waals surface area contributed by atoms with Crippen molar-refractivity contribution >= 4 is 11.9 Å². The van der Waals surface area contributed by atoms with Gasteiger partial charge in [0.25, 0.3) is 0 Å². The molecule has 0 spiro atoms. The van der Waals surface area contributed by atoms with Gasteiger partial charge in [-0.1, -0.05) is 18.2 Å². The normalized spacial score (nSPS) is 14.8. The lowest BCUT2D eigenvalue weighted by atomic mass is 10.2. The van der Waals surface area contributed by atoms with Crippen LogP contribution in [0, 0.1) is 13.8 Å². The van der Waals surface area contributed by atoms with Crippen LogP contribution < -0.4 is 10.2 Å². The summed E-state index contributed by atoms with van der Waals surface area (Å²) in [6, 6.07) is 12.1. The molecule has 2 aromatic heterocycles. The van der Waals surface area contributed by atoms with E-state index in [4.69, 9.17) is 5.10 Å². The number of nitrogens with one attached hydrogen (secondary N) is 1. The van der Waals surface area contributed by atoms with Crippen molar-refractivity contribution in [3.05, 3.63) is 65.7 Å². The zero-order valence-electron chi connectivity index (χ0n) is 17.8. The summed E-state index contributed by atoms with van der Waals surface area (Å²) in [7, 11) is 1.84. The number of hydrogen-bond donors (Lipinski definition) is 1. The largest absolute Gasteiger partial charge is 0.352 e. The maximum Gasteiger partial charge on any atom is 0.225 e. The third kappa shape index (κ3) is 4.12. The highest BCUT2D eigenvalue weighted by Gasteiger charge is 2.21. The molecule has 1 saturated heterocycles. The smallest absolute Gasteiger partial charge is 0.225 e. The summed E-state index contributed by atoms with van der Waals surface area (Å²) < 4.78 is 2.01. The molecule has 30 heavy (non-hydrogen) atoms. The van der Waals surface area contributed by atoms with E-state index in [2.05, 4.69) is 56.1 Å². The lowest BCUT2D eigenvalue weighted by Gasteiger charge is -2.36. The number of para-hydroxylation sites is 1. The number of aryl methyl sites for hydroxylation is 1. The van der Waals surface area contributed by atoms with E-state index in [1.54, 1.807) is 12.4 Å². The van der Waals surface area contributed by atoms with Crippen LogP contribution in [0.1, 0.15) is 17.0 Å². The highest BCUT2D eigenvalue weighted by molar-refractivity contribution is 5.80. The summed E-state index contributed by atoms with van der Waals surface area (Å²) >= 11 is 0. The van der Waals surface area contributed by atoms with Crippen molar-refractivity contribution < 1.29 is 0 Å². The summed E-state index contributed by atoms with van der Waals surface area (Å²) in [5, 5.41) is 8.27. The van der Waals surface area contributed by atoms with E-state index >= 15 is 0 Å². The number of rotatable bonds is 4. The first-order valence-electron chi connectivity index (χ1n) is 10.3. The summed E-state index contributed by atoms with van der Waals surface area (Å²) in [5.74, 6) is 1.70. The fourth-order valence-electron chi connectivity index (χ4n) is 3.82. The molecule has 3 heterocycles. The first-order valence-corrected chi connectivity index (χ1v) is 10.3. The summed E-state index contributed by atoms with van der Waals surface area (Å²) in [5.41, 5.74) is 4.46. The summed E-state index contributed by atoms with van der Waals surface area (Å²) in [4.78, 5) is 17.7. The highest BCUT2D eigenvalue weighted by Crippen LogP contribution is 2.18. The van der Waals surface area contributed by atoms with E-state index in [0.29, 0.717) is 6.54 Å². The van der Waals surface area contributed by atoms with E-state index in [9.17, 15) is 0 Å². The standard InChI is InChI=1S/C22H28N8/c1-17-20(18(2)30(27-17)19-8-5-4-6-9-19)16-26-21(23-3)28-12-14-29(15-13-28)22-24-10-7-11-25-22/h4-11H,12-16H2,1-3H3,(H,23,26). The van der Waals surface area contributed by atoms with Gasteiger partial charge in [-0.25, -0.2) is 14.6 Å². The van der Waals surface area contributed by atoms with Gasteiger partial charge in [0.15, 0.2) is 5.96 Å². The maximum atomic E-state index is 4.74. The molecule has 1 fully saturated rings. The Morgan fingerprint density at radius 3 is 2.37 bits per heavy atom. The highest BCUT2D eigenvalue weighted by atomic mass is 15.4. The number of aliphatic imine (C=N–C) groups is 1. The van der Waals surface area contributed by atoms with Crippen molar-refractivity contribution in [3.63, 3.8) is 0 Å². The first kappa shape index (κ1) is 19.9. The number of piperazine rings is 1. The van der Waals surface area contributed by atoms with Crippen molar-refractivity contribution in [2.45, 2.75) is 20.4 Å². The van der Waals surface area contributed by atoms with E-state index in [1.165, 1.54) is 5.56 Å². The van der Waals surface area contributed by atoms with Crippen molar-refractivity contribution in [2.24, 2.45) is 4.99 Å². The number of guanidine groups is 1. The molecule has 0 unspecified atom stereocenters. The van der Waals surface area contributed by atoms with Crippen molar-refractivity contribution in [3.8, 4) is 5.69 Å². The van der Waals surface area contributed by atoms with E-state index < -0.39 is 0 Å². The van der Waals surface area contributed by atoms with Crippen LogP contribution >= 0.6 is 0 Å². The number of benzene rings is 1. The first-order chi connectivity index (χ1) is 14.7. The van der Waals surface area contributed by atoms with Gasteiger partial charge >= 0.3 is 0 Å². The second-order valence-corrected chi connectivity index (χ2v) is 7.32. The Hall–Kier alpha value is -3.42. The second kappa shape index (κ2) is 8.94. The molecule has 4 rings (SSSR count). The topological polar surface area (TPSA) is 74.5 Å². The lowest BCUT2D eigenvalue weighted by Crippen LogP contribution is -2.52. The average molecular weight is 405 g/mol. The van der Waals surface area contributed by atoms with Gasteiger partial charge in [-0.15, -0.1) is 0 Å². The van der Waals surface area contributed by atoms with Crippen LogP contribution in [0.4, 0.5) is 5.95 Å². The van der Waals surface area contributed by atoms with Crippen LogP contribution in [0.2, 0.25) is 0 Å². The van der Waals surface area contributed by atoms with Gasteiger partial charge in [0.2, 0.25) is 5.95 Å². The zero-order valence-corrected chi connectivity index (χ0v) is 17.8.